The van der Waals surface area contributed by atoms with E-state index in [0.717, 1.165) is 38.5 Å². The van der Waals surface area contributed by atoms with Gasteiger partial charge in [-0.15, -0.1) is 0 Å². The summed E-state index contributed by atoms with van der Waals surface area (Å²) in [6.07, 6.45) is 6.91. The maximum absolute atomic E-state index is 12.9. The summed E-state index contributed by atoms with van der Waals surface area (Å²) in [6.45, 7) is 14.7. The first-order chi connectivity index (χ1) is 19.4. The minimum Gasteiger partial charge on any atom is -0.480 e. The van der Waals surface area contributed by atoms with Crippen LogP contribution in [0.25, 0.3) is 0 Å². The summed E-state index contributed by atoms with van der Waals surface area (Å²) in [5.74, 6) is -1.18. The van der Waals surface area contributed by atoms with E-state index in [2.05, 4.69) is 22.9 Å². The van der Waals surface area contributed by atoms with Gasteiger partial charge in [0.1, 0.15) is 29.1 Å². The van der Waals surface area contributed by atoms with Gasteiger partial charge in [-0.2, -0.15) is 0 Å². The van der Waals surface area contributed by atoms with Crippen molar-refractivity contribution in [2.75, 3.05) is 6.54 Å². The van der Waals surface area contributed by atoms with Gasteiger partial charge in [0.15, 0.2) is 0 Å². The molecule has 0 unspecified atom stereocenters. The van der Waals surface area contributed by atoms with Crippen molar-refractivity contribution < 1.29 is 38.6 Å². The number of hydrogen-bond donors (Lipinski definition) is 4. The Bertz CT molecular complexity index is 848. The summed E-state index contributed by atoms with van der Waals surface area (Å²) < 4.78 is 10.4. The topological polar surface area (TPSA) is 160 Å². The van der Waals surface area contributed by atoms with Crippen LogP contribution in [-0.4, -0.2) is 64.8 Å². The van der Waals surface area contributed by atoms with Crippen LogP contribution in [0.2, 0.25) is 0 Å². The number of ether oxygens (including phenoxy) is 2. The minimum atomic E-state index is -1.17. The summed E-state index contributed by atoms with van der Waals surface area (Å²) in [7, 11) is 0. The quantitative estimate of drug-likeness (QED) is 0.126. The van der Waals surface area contributed by atoms with Crippen LogP contribution in [0.3, 0.4) is 0 Å². The Morgan fingerprint density at radius 2 is 1.19 bits per heavy atom. The summed E-state index contributed by atoms with van der Waals surface area (Å²) in [6, 6.07) is -1.91. The zero-order chi connectivity index (χ0) is 32.3. The van der Waals surface area contributed by atoms with Crippen molar-refractivity contribution in [3.63, 3.8) is 0 Å². The molecule has 42 heavy (non-hydrogen) atoms. The molecule has 0 spiro atoms. The number of carbonyl (C=O) groups excluding carboxylic acids is 4. The fraction of sp³-hybridized carbons (Fsp3) is 0.839. The highest BCUT2D eigenvalue weighted by atomic mass is 16.6. The fourth-order valence-electron chi connectivity index (χ4n) is 4.17. The highest BCUT2D eigenvalue weighted by Gasteiger charge is 2.25. The first kappa shape index (κ1) is 39.1. The van der Waals surface area contributed by atoms with E-state index in [-0.39, 0.29) is 30.6 Å². The molecule has 0 aliphatic heterocycles. The third kappa shape index (κ3) is 20.9. The fourth-order valence-corrected chi connectivity index (χ4v) is 4.17. The number of unbranched alkanes of at least 4 members (excludes halogenated alkanes) is 5. The molecular weight excluding hydrogens is 542 g/mol. The first-order valence-corrected chi connectivity index (χ1v) is 15.5. The monoisotopic (exact) mass is 599 g/mol. The number of aliphatic carboxylic acids is 1. The normalized spacial score (nSPS) is 13.8. The van der Waals surface area contributed by atoms with Crippen LogP contribution < -0.4 is 16.0 Å². The van der Waals surface area contributed by atoms with Crippen LogP contribution in [0.1, 0.15) is 132 Å². The van der Waals surface area contributed by atoms with Crippen LogP contribution in [-0.2, 0) is 23.9 Å². The third-order valence-corrected chi connectivity index (χ3v) is 6.42. The molecule has 244 valence electrons. The van der Waals surface area contributed by atoms with Gasteiger partial charge in [0.05, 0.1) is 0 Å². The van der Waals surface area contributed by atoms with E-state index < -0.39 is 41.4 Å². The highest BCUT2D eigenvalue weighted by Crippen LogP contribution is 2.16. The Hall–Kier alpha value is -2.85. The van der Waals surface area contributed by atoms with E-state index in [0.29, 0.717) is 32.1 Å². The van der Waals surface area contributed by atoms with Gasteiger partial charge >= 0.3 is 18.2 Å². The molecule has 4 N–H and O–H groups in total. The minimum absolute atomic E-state index is 0.0720. The van der Waals surface area contributed by atoms with Gasteiger partial charge in [-0.3, -0.25) is 9.59 Å². The summed E-state index contributed by atoms with van der Waals surface area (Å²) in [4.78, 5) is 61.1. The standard InChI is InChI=1S/C31H57N3O8/c1-9-10-12-17-22(2)25(35)20-14-11-13-18-23(33-28(39)41-30(3,4)5)26(36)32-21-16-15-19-24(27(37)38)34-29(40)42-31(6,7)8/h22-24H,9-21H2,1-8H3,(H,32,36)(H,33,39)(H,34,40)(H,37,38)/t22-,23-,24-/m0/s1. The molecule has 11 nitrogen and oxygen atoms in total. The molecule has 3 amide bonds. The molecule has 0 saturated heterocycles. The van der Waals surface area contributed by atoms with Crippen molar-refractivity contribution in [3.05, 3.63) is 0 Å². The van der Waals surface area contributed by atoms with Gasteiger partial charge in [-0.1, -0.05) is 46.0 Å². The Morgan fingerprint density at radius 3 is 1.71 bits per heavy atom. The second-order valence-corrected chi connectivity index (χ2v) is 13.0. The maximum atomic E-state index is 12.9. The molecule has 0 heterocycles. The number of hydrogen-bond acceptors (Lipinski definition) is 7. The molecule has 0 rings (SSSR count). The predicted octanol–water partition coefficient (Wildman–Crippen LogP) is 5.88. The van der Waals surface area contributed by atoms with Crippen LogP contribution in [0.5, 0.6) is 0 Å². The Labute approximate surface area is 252 Å². The molecule has 0 aliphatic rings. The van der Waals surface area contributed by atoms with Crippen molar-refractivity contribution in [2.24, 2.45) is 5.92 Å². The molecule has 0 fully saturated rings. The predicted molar refractivity (Wildman–Crippen MR) is 162 cm³/mol. The van der Waals surface area contributed by atoms with Crippen molar-refractivity contribution in [3.8, 4) is 0 Å². The van der Waals surface area contributed by atoms with E-state index in [4.69, 9.17) is 9.47 Å². The molecule has 0 aromatic carbocycles. The number of amides is 3. The average molecular weight is 600 g/mol. The van der Waals surface area contributed by atoms with Crippen molar-refractivity contribution in [1.29, 1.82) is 0 Å². The number of Topliss-reactive ketones (excluding diaryl/α,β-unsaturated/α-hetero) is 1. The summed E-state index contributed by atoms with van der Waals surface area (Å²) in [5.41, 5.74) is -1.46. The Kier molecular flexibility index (Phi) is 18.8. The van der Waals surface area contributed by atoms with Crippen LogP contribution >= 0.6 is 0 Å². The zero-order valence-corrected chi connectivity index (χ0v) is 27.2. The van der Waals surface area contributed by atoms with Crippen molar-refractivity contribution in [1.82, 2.24) is 16.0 Å². The van der Waals surface area contributed by atoms with Gasteiger partial charge in [-0.25, -0.2) is 14.4 Å². The van der Waals surface area contributed by atoms with Gasteiger partial charge < -0.3 is 30.5 Å². The van der Waals surface area contributed by atoms with Gasteiger partial charge in [0.2, 0.25) is 5.91 Å². The molecule has 11 heteroatoms. The lowest BCUT2D eigenvalue weighted by molar-refractivity contribution is -0.139. The highest BCUT2D eigenvalue weighted by molar-refractivity contribution is 5.85. The van der Waals surface area contributed by atoms with E-state index in [1.54, 1.807) is 41.5 Å². The molecule has 0 aromatic heterocycles. The molecule has 3 atom stereocenters. The zero-order valence-electron chi connectivity index (χ0n) is 27.2. The van der Waals surface area contributed by atoms with Crippen LogP contribution in [0.15, 0.2) is 0 Å². The lowest BCUT2D eigenvalue weighted by Gasteiger charge is -2.23. The number of nitrogens with one attached hydrogen (secondary N) is 3. The number of carboxylic acids is 1. The maximum Gasteiger partial charge on any atom is 0.408 e. The average Bonchev–Trinajstić information content (AvgIpc) is 2.84. The first-order valence-electron chi connectivity index (χ1n) is 15.5. The number of carboxylic acid groups (broad SMARTS) is 1. The molecule has 0 saturated carbocycles. The Morgan fingerprint density at radius 1 is 0.690 bits per heavy atom. The largest absolute Gasteiger partial charge is 0.480 e. The lowest BCUT2D eigenvalue weighted by atomic mass is 9.95. The number of ketones is 1. The number of alkyl carbamates (subject to hydrolysis) is 2. The summed E-state index contributed by atoms with van der Waals surface area (Å²) in [5, 5.41) is 17.2. The van der Waals surface area contributed by atoms with Crippen LogP contribution in [0, 0.1) is 5.92 Å². The molecule has 0 aliphatic carbocycles. The van der Waals surface area contributed by atoms with E-state index in [9.17, 15) is 29.1 Å². The number of carbonyl (C=O) groups is 5. The lowest BCUT2D eigenvalue weighted by Crippen LogP contribution is -2.48. The van der Waals surface area contributed by atoms with Crippen LogP contribution in [0.4, 0.5) is 9.59 Å². The van der Waals surface area contributed by atoms with Gasteiger partial charge in [0, 0.05) is 18.9 Å². The van der Waals surface area contributed by atoms with E-state index >= 15 is 0 Å². The Balaban J connectivity index is 4.75. The van der Waals surface area contributed by atoms with Gasteiger partial charge in [-0.05, 0) is 80.1 Å². The molecule has 0 bridgehead atoms. The smallest absolute Gasteiger partial charge is 0.408 e. The van der Waals surface area contributed by atoms with Gasteiger partial charge in [0.25, 0.3) is 0 Å². The molecule has 0 radical (unpaired) electrons. The number of rotatable bonds is 20. The molecule has 0 aromatic rings. The summed E-state index contributed by atoms with van der Waals surface area (Å²) >= 11 is 0. The third-order valence-electron chi connectivity index (χ3n) is 6.42. The second kappa shape index (κ2) is 20.1. The van der Waals surface area contributed by atoms with Crippen molar-refractivity contribution in [2.45, 2.75) is 156 Å². The molecular formula is C31H57N3O8. The van der Waals surface area contributed by atoms with E-state index in [1.807, 2.05) is 6.92 Å². The SMILES string of the molecule is CCCCC[C@H](C)C(=O)CCCCC[C@H](NC(=O)OC(C)(C)C)C(=O)NCCCC[C@H](NC(=O)OC(C)(C)C)C(=O)O. The van der Waals surface area contributed by atoms with E-state index in [1.165, 1.54) is 0 Å². The van der Waals surface area contributed by atoms with Crippen molar-refractivity contribution >= 4 is 29.8 Å². The second-order valence-electron chi connectivity index (χ2n) is 13.0.